The number of halogens is 1. The van der Waals surface area contributed by atoms with Gasteiger partial charge in [-0.1, -0.05) is 0 Å². The largest absolute Gasteiger partial charge is 0.348 e. The van der Waals surface area contributed by atoms with Crippen LogP contribution in [-0.4, -0.2) is 23.5 Å². The molecule has 1 aliphatic rings. The molecule has 0 radical (unpaired) electrons. The van der Waals surface area contributed by atoms with E-state index in [1.165, 1.54) is 12.3 Å². The molecular formula is C11H14FN3O. The highest BCUT2D eigenvalue weighted by Gasteiger charge is 2.31. The normalized spacial score (nSPS) is 16.9. The van der Waals surface area contributed by atoms with Gasteiger partial charge in [-0.15, -0.1) is 0 Å². The first-order valence-corrected chi connectivity index (χ1v) is 5.33. The van der Waals surface area contributed by atoms with Gasteiger partial charge in [0.25, 0.3) is 5.91 Å². The molecule has 0 bridgehead atoms. The van der Waals surface area contributed by atoms with E-state index in [9.17, 15) is 9.18 Å². The zero-order valence-electron chi connectivity index (χ0n) is 8.82. The van der Waals surface area contributed by atoms with Gasteiger partial charge in [-0.3, -0.25) is 9.78 Å². The first-order chi connectivity index (χ1) is 7.72. The lowest BCUT2D eigenvalue weighted by Crippen LogP contribution is -2.42. The van der Waals surface area contributed by atoms with Gasteiger partial charge in [0.1, 0.15) is 0 Å². The van der Waals surface area contributed by atoms with Crippen LogP contribution in [0.1, 0.15) is 23.2 Å². The van der Waals surface area contributed by atoms with E-state index in [0.717, 1.165) is 19.0 Å². The summed E-state index contributed by atoms with van der Waals surface area (Å²) in [5.74, 6) is -0.562. The number of carbonyl (C=O) groups is 1. The predicted octanol–water partition coefficient (Wildman–Crippen LogP) is 0.688. The molecule has 1 atom stereocenters. The second-order valence-corrected chi connectivity index (χ2v) is 4.01. The average Bonchev–Trinajstić information content (AvgIpc) is 3.10. The molecule has 1 fully saturated rings. The van der Waals surface area contributed by atoms with Crippen molar-refractivity contribution in [3.05, 3.63) is 29.8 Å². The fraction of sp³-hybridized carbons (Fsp3) is 0.455. The van der Waals surface area contributed by atoms with Crippen molar-refractivity contribution in [3.63, 3.8) is 0 Å². The van der Waals surface area contributed by atoms with Crippen LogP contribution in [0, 0.1) is 11.7 Å². The fourth-order valence-electron chi connectivity index (χ4n) is 1.67. The minimum absolute atomic E-state index is 0.0223. The molecule has 0 saturated heterocycles. The topological polar surface area (TPSA) is 68.0 Å². The van der Waals surface area contributed by atoms with E-state index in [2.05, 4.69) is 10.3 Å². The zero-order chi connectivity index (χ0) is 11.5. The maximum absolute atomic E-state index is 13.3. The Balaban J connectivity index is 2.04. The van der Waals surface area contributed by atoms with Crippen LogP contribution in [0.25, 0.3) is 0 Å². The van der Waals surface area contributed by atoms with E-state index in [1.54, 1.807) is 0 Å². The van der Waals surface area contributed by atoms with Crippen LogP contribution in [0.4, 0.5) is 4.39 Å². The van der Waals surface area contributed by atoms with Crippen molar-refractivity contribution in [1.82, 2.24) is 10.3 Å². The Bertz CT molecular complexity index is 393. The molecule has 1 aliphatic carbocycles. The SMILES string of the molecule is NCC(NC(=O)c1ccncc1F)C1CC1. The zero-order valence-corrected chi connectivity index (χ0v) is 8.82. The third kappa shape index (κ3) is 2.36. The van der Waals surface area contributed by atoms with Gasteiger partial charge in [-0.05, 0) is 24.8 Å². The summed E-state index contributed by atoms with van der Waals surface area (Å²) in [5.41, 5.74) is 5.58. The molecule has 3 N–H and O–H groups in total. The molecule has 1 heterocycles. The number of hydrogen-bond acceptors (Lipinski definition) is 3. The Hall–Kier alpha value is -1.49. The van der Waals surface area contributed by atoms with Crippen molar-refractivity contribution in [1.29, 1.82) is 0 Å². The summed E-state index contributed by atoms with van der Waals surface area (Å²) in [5, 5.41) is 2.75. The Morgan fingerprint density at radius 2 is 2.44 bits per heavy atom. The van der Waals surface area contributed by atoms with Crippen LogP contribution < -0.4 is 11.1 Å². The number of carbonyl (C=O) groups excluding carboxylic acids is 1. The van der Waals surface area contributed by atoms with Crippen LogP contribution in [0.3, 0.4) is 0 Å². The van der Waals surface area contributed by atoms with Gasteiger partial charge in [0, 0.05) is 18.8 Å². The maximum atomic E-state index is 13.3. The summed E-state index contributed by atoms with van der Waals surface area (Å²) < 4.78 is 13.3. The Morgan fingerprint density at radius 3 is 3.00 bits per heavy atom. The molecular weight excluding hydrogens is 209 g/mol. The van der Waals surface area contributed by atoms with Crippen molar-refractivity contribution in [2.24, 2.45) is 11.7 Å². The number of nitrogens with zero attached hydrogens (tertiary/aromatic N) is 1. The lowest BCUT2D eigenvalue weighted by Gasteiger charge is -2.15. The molecule has 1 saturated carbocycles. The Kier molecular flexibility index (Phi) is 3.14. The molecule has 1 unspecified atom stereocenters. The highest BCUT2D eigenvalue weighted by molar-refractivity contribution is 5.94. The summed E-state index contributed by atoms with van der Waals surface area (Å²) >= 11 is 0. The smallest absolute Gasteiger partial charge is 0.254 e. The second kappa shape index (κ2) is 4.57. The van der Waals surface area contributed by atoms with E-state index < -0.39 is 11.7 Å². The number of nitrogens with two attached hydrogens (primary N) is 1. The minimum Gasteiger partial charge on any atom is -0.348 e. The van der Waals surface area contributed by atoms with Crippen molar-refractivity contribution < 1.29 is 9.18 Å². The molecule has 0 aliphatic heterocycles. The van der Waals surface area contributed by atoms with Crippen LogP contribution >= 0.6 is 0 Å². The summed E-state index contributed by atoms with van der Waals surface area (Å²) in [4.78, 5) is 15.3. The monoisotopic (exact) mass is 223 g/mol. The molecule has 0 spiro atoms. The first-order valence-electron chi connectivity index (χ1n) is 5.33. The number of hydrogen-bond donors (Lipinski definition) is 2. The average molecular weight is 223 g/mol. The lowest BCUT2D eigenvalue weighted by atomic mass is 10.1. The van der Waals surface area contributed by atoms with Crippen molar-refractivity contribution in [3.8, 4) is 0 Å². The number of pyridine rings is 1. The van der Waals surface area contributed by atoms with Crippen LogP contribution in [0.15, 0.2) is 18.5 Å². The second-order valence-electron chi connectivity index (χ2n) is 4.01. The van der Waals surface area contributed by atoms with E-state index in [-0.39, 0.29) is 11.6 Å². The lowest BCUT2D eigenvalue weighted by molar-refractivity contribution is 0.0929. The number of rotatable bonds is 4. The van der Waals surface area contributed by atoms with Crippen molar-refractivity contribution >= 4 is 5.91 Å². The van der Waals surface area contributed by atoms with Crippen molar-refractivity contribution in [2.75, 3.05) is 6.54 Å². The third-order valence-electron chi connectivity index (χ3n) is 2.78. The van der Waals surface area contributed by atoms with Gasteiger partial charge in [-0.2, -0.15) is 0 Å². The molecule has 5 heteroatoms. The van der Waals surface area contributed by atoms with Gasteiger partial charge in [0.2, 0.25) is 0 Å². The summed E-state index contributed by atoms with van der Waals surface area (Å²) in [7, 11) is 0. The van der Waals surface area contributed by atoms with Gasteiger partial charge in [0.15, 0.2) is 5.82 Å². The summed E-state index contributed by atoms with van der Waals surface area (Å²) in [6, 6.07) is 1.32. The summed E-state index contributed by atoms with van der Waals surface area (Å²) in [6.07, 6.45) is 4.60. The highest BCUT2D eigenvalue weighted by atomic mass is 19.1. The molecule has 1 aromatic heterocycles. The van der Waals surface area contributed by atoms with Gasteiger partial charge >= 0.3 is 0 Å². The number of nitrogens with one attached hydrogen (secondary N) is 1. The summed E-state index contributed by atoms with van der Waals surface area (Å²) in [6.45, 7) is 0.392. The molecule has 4 nitrogen and oxygen atoms in total. The standard InChI is InChI=1S/C11H14FN3O/c12-9-6-14-4-3-8(9)11(16)15-10(5-13)7-1-2-7/h3-4,6-7,10H,1-2,5,13H2,(H,15,16). The highest BCUT2D eigenvalue weighted by Crippen LogP contribution is 2.32. The fourth-order valence-corrected chi connectivity index (χ4v) is 1.67. The predicted molar refractivity (Wildman–Crippen MR) is 57.2 cm³/mol. The third-order valence-corrected chi connectivity index (χ3v) is 2.78. The van der Waals surface area contributed by atoms with Crippen LogP contribution in [0.2, 0.25) is 0 Å². The van der Waals surface area contributed by atoms with E-state index in [0.29, 0.717) is 12.5 Å². The molecule has 0 aromatic carbocycles. The van der Waals surface area contributed by atoms with Crippen LogP contribution in [-0.2, 0) is 0 Å². The first kappa shape index (κ1) is 11.0. The van der Waals surface area contributed by atoms with Gasteiger partial charge < -0.3 is 11.1 Å². The van der Waals surface area contributed by atoms with E-state index in [1.807, 2.05) is 0 Å². The molecule has 1 amide bonds. The Morgan fingerprint density at radius 1 is 1.69 bits per heavy atom. The van der Waals surface area contributed by atoms with Crippen LogP contribution in [0.5, 0.6) is 0 Å². The Labute approximate surface area is 93.1 Å². The molecule has 1 aromatic rings. The molecule has 16 heavy (non-hydrogen) atoms. The van der Waals surface area contributed by atoms with E-state index in [4.69, 9.17) is 5.73 Å². The maximum Gasteiger partial charge on any atom is 0.254 e. The van der Waals surface area contributed by atoms with Gasteiger partial charge in [-0.25, -0.2) is 4.39 Å². The quantitative estimate of drug-likeness (QED) is 0.789. The molecule has 86 valence electrons. The van der Waals surface area contributed by atoms with Crippen molar-refractivity contribution in [2.45, 2.75) is 18.9 Å². The minimum atomic E-state index is -0.605. The number of aromatic nitrogens is 1. The van der Waals surface area contributed by atoms with E-state index >= 15 is 0 Å². The van der Waals surface area contributed by atoms with Gasteiger partial charge in [0.05, 0.1) is 11.8 Å². The number of amides is 1. The molecule has 2 rings (SSSR count).